The van der Waals surface area contributed by atoms with Crippen LogP contribution in [0.25, 0.3) is 0 Å². The number of urea groups is 1. The number of nitrogens with one attached hydrogen (secondary N) is 2. The van der Waals surface area contributed by atoms with Crippen molar-refractivity contribution in [3.8, 4) is 0 Å². The maximum Gasteiger partial charge on any atom is 0.324 e. The summed E-state index contributed by atoms with van der Waals surface area (Å²) in [5.74, 6) is 5.81. The predicted octanol–water partition coefficient (Wildman–Crippen LogP) is 8.73. The van der Waals surface area contributed by atoms with Crippen LogP contribution >= 0.6 is 11.9 Å². The third-order valence-electron chi connectivity index (χ3n) is 12.4. The average Bonchev–Trinajstić information content (AvgIpc) is 3.21. The maximum absolute atomic E-state index is 12.3. The van der Waals surface area contributed by atoms with Crippen molar-refractivity contribution in [2.45, 2.75) is 135 Å². The number of hydrogen-bond acceptors (Lipinski definition) is 2. The first-order valence-electron chi connectivity index (χ1n) is 15.6. The normalized spacial score (nSPS) is 43.6. The minimum Gasteiger partial charge on any atom is -0.337 e. The van der Waals surface area contributed by atoms with E-state index in [4.69, 9.17) is 0 Å². The fourth-order valence-corrected chi connectivity index (χ4v) is 11.4. The van der Waals surface area contributed by atoms with Gasteiger partial charge in [0.2, 0.25) is 0 Å². The van der Waals surface area contributed by atoms with Gasteiger partial charge < -0.3 is 5.32 Å². The summed E-state index contributed by atoms with van der Waals surface area (Å²) in [5.41, 5.74) is 1.19. The van der Waals surface area contributed by atoms with Gasteiger partial charge in [-0.15, -0.1) is 0 Å². The highest BCUT2D eigenvalue weighted by atomic mass is 32.2. The van der Waals surface area contributed by atoms with Gasteiger partial charge in [-0.3, -0.25) is 4.72 Å². The average molecular weight is 503 g/mol. The van der Waals surface area contributed by atoms with Crippen LogP contribution in [0, 0.1) is 46.3 Å². The molecule has 8 atom stereocenters. The summed E-state index contributed by atoms with van der Waals surface area (Å²) in [5, 5.41) is 3.78. The van der Waals surface area contributed by atoms with Crippen LogP contribution in [0.2, 0.25) is 0 Å². The van der Waals surface area contributed by atoms with Crippen LogP contribution in [0.1, 0.15) is 130 Å². The summed E-state index contributed by atoms with van der Waals surface area (Å²) < 4.78 is 3.07. The zero-order chi connectivity index (χ0) is 24.5. The number of fused-ring (bicyclic) bond motifs is 5. The Morgan fingerprint density at radius 1 is 0.857 bits per heavy atom. The smallest absolute Gasteiger partial charge is 0.324 e. The van der Waals surface area contributed by atoms with E-state index < -0.39 is 0 Å². The van der Waals surface area contributed by atoms with Gasteiger partial charge in [0, 0.05) is 11.8 Å². The van der Waals surface area contributed by atoms with Gasteiger partial charge in [0.25, 0.3) is 0 Å². The van der Waals surface area contributed by atoms with Crippen molar-refractivity contribution in [2.75, 3.05) is 6.54 Å². The van der Waals surface area contributed by atoms with Crippen LogP contribution < -0.4 is 10.0 Å². The Hall–Kier alpha value is -0.380. The molecule has 6 unspecified atom stereocenters. The van der Waals surface area contributed by atoms with Crippen molar-refractivity contribution in [1.82, 2.24) is 10.0 Å². The fourth-order valence-electron chi connectivity index (χ4n) is 10.5. The van der Waals surface area contributed by atoms with Gasteiger partial charge >= 0.3 is 6.03 Å². The zero-order valence-electron chi connectivity index (χ0n) is 23.1. The lowest BCUT2D eigenvalue weighted by Crippen LogP contribution is -2.55. The molecule has 2 N–H and O–H groups in total. The van der Waals surface area contributed by atoms with Crippen molar-refractivity contribution in [2.24, 2.45) is 46.3 Å². The molecule has 0 heterocycles. The summed E-state index contributed by atoms with van der Waals surface area (Å²) in [6.45, 7) is 8.73. The number of carbonyl (C=O) groups is 1. The van der Waals surface area contributed by atoms with E-state index in [0.717, 1.165) is 48.5 Å². The number of carbonyl (C=O) groups excluding carboxylic acids is 1. The van der Waals surface area contributed by atoms with Crippen LogP contribution in [0.15, 0.2) is 0 Å². The van der Waals surface area contributed by atoms with E-state index in [1.807, 2.05) is 0 Å². The van der Waals surface area contributed by atoms with Gasteiger partial charge in [-0.1, -0.05) is 59.3 Å². The van der Waals surface area contributed by atoms with E-state index in [1.54, 1.807) is 11.9 Å². The standard InChI is InChI=1S/C31H54N2OS/c1-4-22-21-25-27-16-15-23(11-10-20-32-29(34)33-35-24-12-6-5-7-13-24)30(27,2)19-17-28(25)31(3)18-9-8-14-26(22)31/h22-28H,4-21H2,1-3H3,(H2,32,33,34)/t22-,23?,25?,26?,27?,28-,30?,31?/m0/s1. The molecule has 200 valence electrons. The molecular formula is C31H54N2OS. The number of rotatable bonds is 7. The summed E-state index contributed by atoms with van der Waals surface area (Å²) >= 11 is 1.66. The molecule has 0 saturated heterocycles. The molecule has 0 aliphatic heterocycles. The Balaban J connectivity index is 1.12. The molecule has 0 aromatic carbocycles. The highest BCUT2D eigenvalue weighted by Gasteiger charge is 2.60. The van der Waals surface area contributed by atoms with Crippen LogP contribution in [0.4, 0.5) is 4.79 Å². The fraction of sp³-hybridized carbons (Fsp3) is 0.968. The molecule has 0 radical (unpaired) electrons. The van der Waals surface area contributed by atoms with E-state index in [1.165, 1.54) is 103 Å². The van der Waals surface area contributed by atoms with Crippen LogP contribution in [0.3, 0.4) is 0 Å². The van der Waals surface area contributed by atoms with Crippen molar-refractivity contribution < 1.29 is 4.79 Å². The summed E-state index contributed by atoms with van der Waals surface area (Å²) in [4.78, 5) is 12.3. The first kappa shape index (κ1) is 26.2. The van der Waals surface area contributed by atoms with Gasteiger partial charge in [0.05, 0.1) is 0 Å². The molecule has 35 heavy (non-hydrogen) atoms. The minimum absolute atomic E-state index is 0.0275. The molecule has 3 nitrogen and oxygen atoms in total. The van der Waals surface area contributed by atoms with Gasteiger partial charge in [-0.25, -0.2) is 4.79 Å². The molecule has 5 saturated carbocycles. The molecule has 0 aromatic rings. The van der Waals surface area contributed by atoms with E-state index >= 15 is 0 Å². The summed E-state index contributed by atoms with van der Waals surface area (Å²) in [6, 6.07) is 0.0275. The van der Waals surface area contributed by atoms with E-state index in [-0.39, 0.29) is 6.03 Å². The second-order valence-corrected chi connectivity index (χ2v) is 14.9. The number of amides is 2. The lowest BCUT2D eigenvalue weighted by molar-refractivity contribution is -0.135. The summed E-state index contributed by atoms with van der Waals surface area (Å²) in [7, 11) is 0. The second kappa shape index (κ2) is 11.2. The zero-order valence-corrected chi connectivity index (χ0v) is 23.9. The van der Waals surface area contributed by atoms with Crippen molar-refractivity contribution in [3.05, 3.63) is 0 Å². The molecule has 5 rings (SSSR count). The molecule has 5 fully saturated rings. The quantitative estimate of drug-likeness (QED) is 0.270. The van der Waals surface area contributed by atoms with Crippen molar-refractivity contribution >= 4 is 18.0 Å². The van der Waals surface area contributed by atoms with Crippen LogP contribution in [0.5, 0.6) is 0 Å². The first-order valence-corrected chi connectivity index (χ1v) is 16.5. The SMILES string of the molecule is CC[C@H]1CC2C3CCC(CCCNC(=O)NSC4CCCCC4)C3(C)CC[C@@H]2C2(C)CCCCC12. The molecular weight excluding hydrogens is 448 g/mol. The third-order valence-corrected chi connectivity index (χ3v) is 13.5. The monoisotopic (exact) mass is 502 g/mol. The Kier molecular flexibility index (Phi) is 8.36. The minimum atomic E-state index is 0.0275. The molecule has 0 aromatic heterocycles. The molecule has 2 amide bonds. The van der Waals surface area contributed by atoms with E-state index in [9.17, 15) is 4.79 Å². The maximum atomic E-state index is 12.3. The molecule has 0 spiro atoms. The van der Waals surface area contributed by atoms with E-state index in [0.29, 0.717) is 16.1 Å². The molecule has 4 heteroatoms. The summed E-state index contributed by atoms with van der Waals surface area (Å²) in [6.07, 6.45) is 23.8. The highest BCUT2D eigenvalue weighted by Crippen LogP contribution is 2.69. The molecule has 5 aliphatic rings. The lowest BCUT2D eigenvalue weighted by Gasteiger charge is -2.62. The van der Waals surface area contributed by atoms with Gasteiger partial charge in [-0.05, 0) is 129 Å². The Labute approximate surface area is 220 Å². The van der Waals surface area contributed by atoms with Crippen molar-refractivity contribution in [3.63, 3.8) is 0 Å². The first-order chi connectivity index (χ1) is 17.0. The Bertz CT molecular complexity index is 723. The highest BCUT2D eigenvalue weighted by molar-refractivity contribution is 7.98. The number of hydrogen-bond donors (Lipinski definition) is 2. The lowest BCUT2D eigenvalue weighted by atomic mass is 9.42. The third kappa shape index (κ3) is 5.17. The predicted molar refractivity (Wildman–Crippen MR) is 149 cm³/mol. The molecule has 5 aliphatic carbocycles. The topological polar surface area (TPSA) is 41.1 Å². The van der Waals surface area contributed by atoms with Gasteiger partial charge in [0.1, 0.15) is 0 Å². The van der Waals surface area contributed by atoms with Crippen LogP contribution in [-0.2, 0) is 0 Å². The van der Waals surface area contributed by atoms with E-state index in [2.05, 4.69) is 30.8 Å². The Morgan fingerprint density at radius 2 is 1.63 bits per heavy atom. The largest absolute Gasteiger partial charge is 0.337 e. The van der Waals surface area contributed by atoms with Gasteiger partial charge in [0.15, 0.2) is 0 Å². The second-order valence-electron chi connectivity index (χ2n) is 13.8. The van der Waals surface area contributed by atoms with Crippen LogP contribution in [-0.4, -0.2) is 17.8 Å². The van der Waals surface area contributed by atoms with Gasteiger partial charge in [-0.2, -0.15) is 0 Å². The Morgan fingerprint density at radius 3 is 2.43 bits per heavy atom. The van der Waals surface area contributed by atoms with Crippen molar-refractivity contribution in [1.29, 1.82) is 0 Å². The molecule has 0 bridgehead atoms.